The molecule has 0 aliphatic rings. The molecular weight excluding hydrogens is 216 g/mol. The van der Waals surface area contributed by atoms with Crippen LogP contribution in [0.25, 0.3) is 5.57 Å². The van der Waals surface area contributed by atoms with Gasteiger partial charge in [-0.15, -0.1) is 0 Å². The maximum absolute atomic E-state index is 2.24. The minimum absolute atomic E-state index is 1.12. The lowest BCUT2D eigenvalue weighted by Crippen LogP contribution is -1.90. The van der Waals surface area contributed by atoms with Crippen LogP contribution in [0.2, 0.25) is 0 Å². The predicted molar refractivity (Wildman–Crippen MR) is 79.5 cm³/mol. The van der Waals surface area contributed by atoms with Gasteiger partial charge in [-0.25, -0.2) is 0 Å². The summed E-state index contributed by atoms with van der Waals surface area (Å²) in [5.74, 6) is 0. The summed E-state index contributed by atoms with van der Waals surface area (Å²) >= 11 is 0. The zero-order valence-electron chi connectivity index (χ0n) is 11.2. The fourth-order valence-electron chi connectivity index (χ4n) is 2.10. The average molecular weight is 236 g/mol. The van der Waals surface area contributed by atoms with Gasteiger partial charge >= 0.3 is 0 Å². The van der Waals surface area contributed by atoms with Crippen LogP contribution in [-0.4, -0.2) is 0 Å². The number of rotatable bonds is 4. The highest BCUT2D eigenvalue weighted by molar-refractivity contribution is 5.66. The van der Waals surface area contributed by atoms with E-state index in [2.05, 4.69) is 74.5 Å². The molecule has 0 N–H and O–H groups in total. The van der Waals surface area contributed by atoms with Gasteiger partial charge in [0.25, 0.3) is 0 Å². The Morgan fingerprint density at radius 2 is 1.33 bits per heavy atom. The Balaban J connectivity index is 2.05. The largest absolute Gasteiger partial charge is 0.0695 e. The van der Waals surface area contributed by atoms with E-state index in [0.717, 1.165) is 12.8 Å². The lowest BCUT2D eigenvalue weighted by Gasteiger charge is -2.08. The fourth-order valence-corrected chi connectivity index (χ4v) is 2.10. The van der Waals surface area contributed by atoms with Gasteiger partial charge in [0.15, 0.2) is 0 Å². The van der Waals surface area contributed by atoms with Crippen LogP contribution in [0, 0.1) is 0 Å². The molecule has 2 aromatic carbocycles. The molecule has 0 nitrogen and oxygen atoms in total. The van der Waals surface area contributed by atoms with Crippen molar-refractivity contribution in [2.24, 2.45) is 0 Å². The van der Waals surface area contributed by atoms with Crippen LogP contribution in [0.4, 0.5) is 0 Å². The zero-order valence-corrected chi connectivity index (χ0v) is 11.2. The van der Waals surface area contributed by atoms with Crippen LogP contribution < -0.4 is 0 Å². The van der Waals surface area contributed by atoms with Gasteiger partial charge in [0.1, 0.15) is 0 Å². The molecule has 0 aliphatic heterocycles. The number of hydrogen-bond acceptors (Lipinski definition) is 0. The van der Waals surface area contributed by atoms with Gasteiger partial charge in [0.2, 0.25) is 0 Å². The van der Waals surface area contributed by atoms with Crippen molar-refractivity contribution in [3.63, 3.8) is 0 Å². The van der Waals surface area contributed by atoms with Crippen molar-refractivity contribution in [3.05, 3.63) is 77.4 Å². The second-order valence-corrected chi connectivity index (χ2v) is 4.76. The lowest BCUT2D eigenvalue weighted by molar-refractivity contribution is 0.942. The Morgan fingerprint density at radius 1 is 0.778 bits per heavy atom. The standard InChI is InChI=1S/C18H20/c1-15(13-14-17-9-5-3-6-10-17)16(2)18-11-7-4-8-12-18/h3-12H,13-14H2,1-2H3. The summed E-state index contributed by atoms with van der Waals surface area (Å²) in [5, 5.41) is 0. The molecule has 0 atom stereocenters. The highest BCUT2D eigenvalue weighted by Crippen LogP contribution is 2.21. The number of allylic oxidation sites excluding steroid dienone is 2. The third kappa shape index (κ3) is 3.33. The first-order valence-electron chi connectivity index (χ1n) is 6.53. The van der Waals surface area contributed by atoms with Crippen LogP contribution in [0.1, 0.15) is 31.4 Å². The molecule has 0 fully saturated rings. The Kier molecular flexibility index (Phi) is 4.35. The topological polar surface area (TPSA) is 0 Å². The van der Waals surface area contributed by atoms with Gasteiger partial charge < -0.3 is 0 Å². The lowest BCUT2D eigenvalue weighted by atomic mass is 9.97. The molecule has 18 heavy (non-hydrogen) atoms. The molecule has 0 spiro atoms. The van der Waals surface area contributed by atoms with E-state index in [0.29, 0.717) is 0 Å². The molecule has 0 aliphatic carbocycles. The molecule has 0 saturated carbocycles. The van der Waals surface area contributed by atoms with Crippen LogP contribution in [0.3, 0.4) is 0 Å². The Hall–Kier alpha value is -1.82. The Bertz CT molecular complexity index is 506. The number of benzene rings is 2. The van der Waals surface area contributed by atoms with Crippen LogP contribution in [0.15, 0.2) is 66.2 Å². The zero-order chi connectivity index (χ0) is 12.8. The van der Waals surface area contributed by atoms with Crippen molar-refractivity contribution in [2.75, 3.05) is 0 Å². The second-order valence-electron chi connectivity index (χ2n) is 4.76. The minimum Gasteiger partial charge on any atom is -0.0695 e. The highest BCUT2D eigenvalue weighted by atomic mass is 14.1. The van der Waals surface area contributed by atoms with Gasteiger partial charge in [-0.2, -0.15) is 0 Å². The van der Waals surface area contributed by atoms with E-state index in [-0.39, 0.29) is 0 Å². The SMILES string of the molecule is CC(CCc1ccccc1)=C(C)c1ccccc1. The van der Waals surface area contributed by atoms with Gasteiger partial charge in [0, 0.05) is 0 Å². The fraction of sp³-hybridized carbons (Fsp3) is 0.222. The van der Waals surface area contributed by atoms with E-state index in [9.17, 15) is 0 Å². The molecule has 0 aromatic heterocycles. The molecular formula is C18H20. The minimum atomic E-state index is 1.12. The molecule has 0 unspecified atom stereocenters. The summed E-state index contributed by atoms with van der Waals surface area (Å²) in [5.41, 5.74) is 5.64. The van der Waals surface area contributed by atoms with Crippen molar-refractivity contribution in [1.29, 1.82) is 0 Å². The summed E-state index contributed by atoms with van der Waals surface area (Å²) in [4.78, 5) is 0. The molecule has 0 saturated heterocycles. The normalized spacial score (nSPS) is 12.1. The summed E-state index contributed by atoms with van der Waals surface area (Å²) in [6, 6.07) is 21.3. The van der Waals surface area contributed by atoms with Crippen LogP contribution in [0.5, 0.6) is 0 Å². The summed E-state index contributed by atoms with van der Waals surface area (Å²) in [6.45, 7) is 4.46. The van der Waals surface area contributed by atoms with Gasteiger partial charge in [-0.05, 0) is 43.4 Å². The molecule has 0 bridgehead atoms. The Morgan fingerprint density at radius 3 is 1.94 bits per heavy atom. The highest BCUT2D eigenvalue weighted by Gasteiger charge is 2.00. The Labute approximate surface area is 110 Å². The molecule has 0 amide bonds. The van der Waals surface area contributed by atoms with E-state index in [1.807, 2.05) is 0 Å². The second kappa shape index (κ2) is 6.20. The van der Waals surface area contributed by atoms with Crippen molar-refractivity contribution in [1.82, 2.24) is 0 Å². The van der Waals surface area contributed by atoms with Crippen molar-refractivity contribution in [2.45, 2.75) is 26.7 Å². The van der Waals surface area contributed by atoms with Gasteiger partial charge in [-0.3, -0.25) is 0 Å². The molecule has 0 heteroatoms. The third-order valence-electron chi connectivity index (χ3n) is 3.48. The maximum Gasteiger partial charge on any atom is -0.0228 e. The monoisotopic (exact) mass is 236 g/mol. The van der Waals surface area contributed by atoms with E-state index in [1.165, 1.54) is 22.3 Å². The van der Waals surface area contributed by atoms with Crippen molar-refractivity contribution >= 4 is 5.57 Å². The smallest absolute Gasteiger partial charge is 0.0228 e. The maximum atomic E-state index is 2.24. The quantitative estimate of drug-likeness (QED) is 0.691. The average Bonchev–Trinajstić information content (AvgIpc) is 2.46. The van der Waals surface area contributed by atoms with Gasteiger partial charge in [0.05, 0.1) is 0 Å². The summed E-state index contributed by atoms with van der Waals surface area (Å²) in [6.07, 6.45) is 2.25. The van der Waals surface area contributed by atoms with E-state index in [4.69, 9.17) is 0 Å². The van der Waals surface area contributed by atoms with Crippen LogP contribution in [-0.2, 0) is 6.42 Å². The van der Waals surface area contributed by atoms with E-state index < -0.39 is 0 Å². The number of hydrogen-bond donors (Lipinski definition) is 0. The first-order valence-corrected chi connectivity index (χ1v) is 6.53. The molecule has 0 radical (unpaired) electrons. The van der Waals surface area contributed by atoms with Crippen LogP contribution >= 0.6 is 0 Å². The first-order chi connectivity index (χ1) is 8.77. The summed E-state index contributed by atoms with van der Waals surface area (Å²) < 4.78 is 0. The van der Waals surface area contributed by atoms with E-state index in [1.54, 1.807) is 0 Å². The molecule has 2 rings (SSSR count). The van der Waals surface area contributed by atoms with Crippen molar-refractivity contribution in [3.8, 4) is 0 Å². The molecule has 2 aromatic rings. The number of aryl methyl sites for hydroxylation is 1. The molecule has 0 heterocycles. The van der Waals surface area contributed by atoms with Crippen molar-refractivity contribution < 1.29 is 0 Å². The predicted octanol–water partition coefficient (Wildman–Crippen LogP) is 5.11. The van der Waals surface area contributed by atoms with Gasteiger partial charge in [-0.1, -0.05) is 66.2 Å². The first kappa shape index (κ1) is 12.6. The van der Waals surface area contributed by atoms with E-state index >= 15 is 0 Å². The summed E-state index contributed by atoms with van der Waals surface area (Å²) in [7, 11) is 0. The third-order valence-corrected chi connectivity index (χ3v) is 3.48. The molecule has 92 valence electrons.